The zero-order valence-corrected chi connectivity index (χ0v) is 8.43. The molecule has 0 saturated heterocycles. The van der Waals surface area contributed by atoms with Crippen LogP contribution in [0.5, 0.6) is 0 Å². The summed E-state index contributed by atoms with van der Waals surface area (Å²) in [6.45, 7) is 8.28. The highest BCUT2D eigenvalue weighted by Crippen LogP contribution is 1.88. The Balaban J connectivity index is -0.0000000933. The van der Waals surface area contributed by atoms with Gasteiger partial charge in [0.2, 0.25) is 0 Å². The normalized spacial score (nSPS) is 7.09. The average Bonchev–Trinajstić information content (AvgIpc) is 1.92. The Morgan fingerprint density at radius 2 is 0.909 bits per heavy atom. The van der Waals surface area contributed by atoms with E-state index in [0.29, 0.717) is 0 Å². The summed E-state index contributed by atoms with van der Waals surface area (Å²) in [5, 5.41) is 15.1. The van der Waals surface area contributed by atoms with Gasteiger partial charge in [0, 0.05) is 13.2 Å². The van der Waals surface area contributed by atoms with Crippen LogP contribution in [-0.4, -0.2) is 23.4 Å². The minimum atomic E-state index is 0.250. The second-order valence-electron chi connectivity index (χ2n) is 1.99. The molecule has 0 aliphatic rings. The summed E-state index contributed by atoms with van der Waals surface area (Å²) in [6, 6.07) is 0. The monoisotopic (exact) mass is 164 g/mol. The van der Waals surface area contributed by atoms with E-state index in [1.54, 1.807) is 13.8 Å². The van der Waals surface area contributed by atoms with Gasteiger partial charge in [0.1, 0.15) is 0 Å². The average molecular weight is 164 g/mol. The molecular weight excluding hydrogens is 140 g/mol. The smallest absolute Gasteiger partial charge is 0.0402 e. The third-order valence-corrected chi connectivity index (χ3v) is 0.707. The van der Waals surface area contributed by atoms with Crippen LogP contribution in [0.15, 0.2) is 0 Å². The fourth-order valence-corrected chi connectivity index (χ4v) is 0.354. The van der Waals surface area contributed by atoms with Gasteiger partial charge in [-0.05, 0) is 13.8 Å². The molecule has 0 aliphatic carbocycles. The maximum Gasteiger partial charge on any atom is 0.0402 e. The maximum absolute atomic E-state index is 7.57. The lowest BCUT2D eigenvalue weighted by Gasteiger charge is -1.79. The van der Waals surface area contributed by atoms with Crippen LogP contribution in [0.1, 0.15) is 47.0 Å². The number of hydrogen-bond donors (Lipinski definition) is 2. The van der Waals surface area contributed by atoms with Crippen LogP contribution in [0.4, 0.5) is 0 Å². The molecule has 0 radical (unpaired) electrons. The van der Waals surface area contributed by atoms with Crippen LogP contribution in [0.2, 0.25) is 0 Å². The molecule has 2 nitrogen and oxygen atoms in total. The van der Waals surface area contributed by atoms with Gasteiger partial charge in [0.25, 0.3) is 0 Å². The van der Waals surface area contributed by atoms with Crippen molar-refractivity contribution in [1.82, 2.24) is 0 Å². The molecule has 0 aliphatic heterocycles. The Kier molecular flexibility index (Phi) is 50.8. The lowest BCUT2D eigenvalue weighted by molar-refractivity contribution is 0.318. The molecule has 2 N–H and O–H groups in total. The van der Waals surface area contributed by atoms with Gasteiger partial charge in [0.15, 0.2) is 0 Å². The topological polar surface area (TPSA) is 40.5 Å². The molecule has 0 bridgehead atoms. The van der Waals surface area contributed by atoms with E-state index in [2.05, 4.69) is 13.8 Å². The second kappa shape index (κ2) is 32.6. The summed E-state index contributed by atoms with van der Waals surface area (Å²) in [4.78, 5) is 0. The zero-order chi connectivity index (χ0) is 9.54. The van der Waals surface area contributed by atoms with Crippen molar-refractivity contribution in [2.45, 2.75) is 47.0 Å². The van der Waals surface area contributed by atoms with Crippen molar-refractivity contribution in [3.63, 3.8) is 0 Å². The first kappa shape index (κ1) is 17.1. The Bertz CT molecular complexity index is 26.7. The molecular formula is C9H24O2. The van der Waals surface area contributed by atoms with Crippen LogP contribution in [0, 0.1) is 0 Å². The van der Waals surface area contributed by atoms with Crippen molar-refractivity contribution in [1.29, 1.82) is 0 Å². The molecule has 0 aromatic rings. The summed E-state index contributed by atoms with van der Waals surface area (Å²) < 4.78 is 0. The summed E-state index contributed by atoms with van der Waals surface area (Å²) in [5.41, 5.74) is 0. The van der Waals surface area contributed by atoms with Crippen LogP contribution < -0.4 is 0 Å². The molecule has 0 fully saturated rings. The van der Waals surface area contributed by atoms with Crippen molar-refractivity contribution in [2.75, 3.05) is 13.2 Å². The van der Waals surface area contributed by atoms with Gasteiger partial charge < -0.3 is 10.2 Å². The molecule has 0 aromatic carbocycles. The molecule has 2 heteroatoms. The molecule has 0 unspecified atom stereocenters. The number of aliphatic hydroxyl groups is 2. The lowest BCUT2D eigenvalue weighted by atomic mass is 10.3. The number of rotatable bonds is 2. The van der Waals surface area contributed by atoms with Gasteiger partial charge in [-0.25, -0.2) is 0 Å². The number of unbranched alkanes of at least 4 members (excludes halogenated alkanes) is 2. The van der Waals surface area contributed by atoms with E-state index in [-0.39, 0.29) is 13.2 Å². The van der Waals surface area contributed by atoms with Crippen molar-refractivity contribution in [3.05, 3.63) is 0 Å². The lowest BCUT2D eigenvalue weighted by Crippen LogP contribution is -1.59. The largest absolute Gasteiger partial charge is 0.397 e. The summed E-state index contributed by atoms with van der Waals surface area (Å²) >= 11 is 0. The Morgan fingerprint density at radius 3 is 0.909 bits per heavy atom. The van der Waals surface area contributed by atoms with E-state index in [4.69, 9.17) is 10.2 Å². The quantitative estimate of drug-likeness (QED) is 0.657. The van der Waals surface area contributed by atoms with Gasteiger partial charge >= 0.3 is 0 Å². The Morgan fingerprint density at radius 1 is 0.727 bits per heavy atom. The van der Waals surface area contributed by atoms with Crippen LogP contribution in [-0.2, 0) is 0 Å². The third-order valence-electron chi connectivity index (χ3n) is 0.707. The number of hydrogen-bond acceptors (Lipinski definition) is 2. The minimum absolute atomic E-state index is 0.250. The van der Waals surface area contributed by atoms with E-state index in [0.717, 1.165) is 0 Å². The van der Waals surface area contributed by atoms with E-state index < -0.39 is 0 Å². The molecule has 0 amide bonds. The standard InChI is InChI=1S/C5H12.2C2H6O/c1-3-5-4-2;2*1-2-3/h3-5H2,1-2H3;2*3H,2H2,1H3. The fraction of sp³-hybridized carbons (Fsp3) is 1.00. The third kappa shape index (κ3) is 169. The van der Waals surface area contributed by atoms with Gasteiger partial charge in [-0.2, -0.15) is 0 Å². The minimum Gasteiger partial charge on any atom is -0.397 e. The zero-order valence-electron chi connectivity index (χ0n) is 8.43. The first-order valence-corrected chi connectivity index (χ1v) is 4.46. The van der Waals surface area contributed by atoms with Gasteiger partial charge in [-0.1, -0.05) is 33.1 Å². The van der Waals surface area contributed by atoms with E-state index in [1.807, 2.05) is 0 Å². The fourth-order valence-electron chi connectivity index (χ4n) is 0.354. The first-order chi connectivity index (χ1) is 5.24. The van der Waals surface area contributed by atoms with Crippen molar-refractivity contribution in [2.24, 2.45) is 0 Å². The highest BCUT2D eigenvalue weighted by Gasteiger charge is 1.68. The van der Waals surface area contributed by atoms with Crippen molar-refractivity contribution < 1.29 is 10.2 Å². The highest BCUT2D eigenvalue weighted by atomic mass is 16.3. The van der Waals surface area contributed by atoms with Gasteiger partial charge in [-0.15, -0.1) is 0 Å². The molecule has 0 atom stereocenters. The maximum atomic E-state index is 7.57. The van der Waals surface area contributed by atoms with Crippen LogP contribution in [0.3, 0.4) is 0 Å². The Labute approximate surface area is 71.3 Å². The van der Waals surface area contributed by atoms with Gasteiger partial charge in [-0.3, -0.25) is 0 Å². The molecule has 0 rings (SSSR count). The first-order valence-electron chi connectivity index (χ1n) is 4.46. The molecule has 72 valence electrons. The molecule has 0 heterocycles. The molecule has 0 aromatic heterocycles. The molecule has 0 saturated carbocycles. The predicted molar refractivity (Wildman–Crippen MR) is 50.7 cm³/mol. The predicted octanol–water partition coefficient (Wildman–Crippen LogP) is 2.19. The molecule has 0 spiro atoms. The van der Waals surface area contributed by atoms with E-state index in [1.165, 1.54) is 19.3 Å². The van der Waals surface area contributed by atoms with Gasteiger partial charge in [0.05, 0.1) is 0 Å². The van der Waals surface area contributed by atoms with Crippen molar-refractivity contribution in [3.8, 4) is 0 Å². The second-order valence-corrected chi connectivity index (χ2v) is 1.99. The van der Waals surface area contributed by atoms with E-state index >= 15 is 0 Å². The Hall–Kier alpha value is -0.0800. The summed E-state index contributed by atoms with van der Waals surface area (Å²) in [6.07, 6.45) is 4.08. The van der Waals surface area contributed by atoms with Crippen LogP contribution >= 0.6 is 0 Å². The summed E-state index contributed by atoms with van der Waals surface area (Å²) in [5.74, 6) is 0. The highest BCUT2D eigenvalue weighted by molar-refractivity contribution is 4.24. The molecule has 11 heavy (non-hydrogen) atoms. The number of aliphatic hydroxyl groups excluding tert-OH is 2. The van der Waals surface area contributed by atoms with Crippen LogP contribution in [0.25, 0.3) is 0 Å². The van der Waals surface area contributed by atoms with Crippen molar-refractivity contribution >= 4 is 0 Å². The summed E-state index contributed by atoms with van der Waals surface area (Å²) in [7, 11) is 0. The SMILES string of the molecule is CCCCC.CCO.CCO. The van der Waals surface area contributed by atoms with E-state index in [9.17, 15) is 0 Å².